The first-order valence-corrected chi connectivity index (χ1v) is 6.62. The molecule has 1 rings (SSSR count). The number of nitrogens with one attached hydrogen (secondary N) is 1. The zero-order valence-corrected chi connectivity index (χ0v) is 11.8. The van der Waals surface area contributed by atoms with Crippen LogP contribution in [0.1, 0.15) is 32.4 Å². The minimum Gasteiger partial charge on any atom is -0.479 e. The van der Waals surface area contributed by atoms with Crippen molar-refractivity contribution in [1.82, 2.24) is 5.32 Å². The average molecular weight is 262 g/mol. The molecule has 1 N–H and O–H groups in total. The standard InChI is InChI=1S/C15H22N2O2/c1-4-18-12(2)11-17-13(3)14-5-7-15(8-6-14)19-10-9-16/h5-8,12-13,17H,4,10-11H2,1-3H3. The van der Waals surface area contributed by atoms with E-state index in [4.69, 9.17) is 14.7 Å². The van der Waals surface area contributed by atoms with Crippen LogP contribution < -0.4 is 10.1 Å². The van der Waals surface area contributed by atoms with Gasteiger partial charge in [0.2, 0.25) is 0 Å². The molecule has 0 spiro atoms. The van der Waals surface area contributed by atoms with Crippen molar-refractivity contribution in [3.8, 4) is 11.8 Å². The first-order valence-electron chi connectivity index (χ1n) is 6.62. The lowest BCUT2D eigenvalue weighted by molar-refractivity contribution is 0.0743. The summed E-state index contributed by atoms with van der Waals surface area (Å²) in [6, 6.07) is 10.00. The Bertz CT molecular complexity index is 398. The van der Waals surface area contributed by atoms with Gasteiger partial charge in [-0.1, -0.05) is 12.1 Å². The van der Waals surface area contributed by atoms with Crippen molar-refractivity contribution in [2.24, 2.45) is 0 Å². The molecule has 1 aromatic carbocycles. The summed E-state index contributed by atoms with van der Waals surface area (Å²) in [7, 11) is 0. The molecule has 19 heavy (non-hydrogen) atoms. The van der Waals surface area contributed by atoms with E-state index in [-0.39, 0.29) is 18.8 Å². The van der Waals surface area contributed by atoms with Gasteiger partial charge in [0.15, 0.2) is 6.61 Å². The molecule has 0 radical (unpaired) electrons. The van der Waals surface area contributed by atoms with E-state index in [1.165, 1.54) is 5.56 Å². The Morgan fingerprint density at radius 1 is 1.26 bits per heavy atom. The number of hydrogen-bond donors (Lipinski definition) is 1. The Morgan fingerprint density at radius 3 is 2.53 bits per heavy atom. The fourth-order valence-corrected chi connectivity index (χ4v) is 1.77. The Morgan fingerprint density at radius 2 is 1.95 bits per heavy atom. The zero-order valence-electron chi connectivity index (χ0n) is 11.8. The maximum absolute atomic E-state index is 8.44. The summed E-state index contributed by atoms with van der Waals surface area (Å²) in [5.74, 6) is 0.722. The van der Waals surface area contributed by atoms with E-state index in [2.05, 4.69) is 19.2 Å². The molecule has 4 nitrogen and oxygen atoms in total. The van der Waals surface area contributed by atoms with Gasteiger partial charge in [0, 0.05) is 19.2 Å². The molecule has 2 atom stereocenters. The van der Waals surface area contributed by atoms with E-state index in [0.29, 0.717) is 0 Å². The SMILES string of the molecule is CCOC(C)CNC(C)c1ccc(OCC#N)cc1. The minimum absolute atomic E-state index is 0.0824. The molecule has 0 bridgehead atoms. The number of rotatable bonds is 8. The van der Waals surface area contributed by atoms with E-state index in [1.54, 1.807) is 0 Å². The number of benzene rings is 1. The van der Waals surface area contributed by atoms with Crippen LogP contribution in [0, 0.1) is 11.3 Å². The van der Waals surface area contributed by atoms with Crippen LogP contribution >= 0.6 is 0 Å². The molecule has 0 fully saturated rings. The van der Waals surface area contributed by atoms with Gasteiger partial charge in [-0.25, -0.2) is 0 Å². The molecule has 4 heteroatoms. The Hall–Kier alpha value is -1.57. The maximum Gasteiger partial charge on any atom is 0.174 e. The molecule has 104 valence electrons. The summed E-state index contributed by atoms with van der Waals surface area (Å²) >= 11 is 0. The third-order valence-corrected chi connectivity index (χ3v) is 2.85. The van der Waals surface area contributed by atoms with Crippen molar-refractivity contribution < 1.29 is 9.47 Å². The Balaban J connectivity index is 2.44. The first kappa shape index (κ1) is 15.5. The fourth-order valence-electron chi connectivity index (χ4n) is 1.77. The highest BCUT2D eigenvalue weighted by atomic mass is 16.5. The second-order valence-electron chi connectivity index (χ2n) is 4.41. The largest absolute Gasteiger partial charge is 0.479 e. The highest BCUT2D eigenvalue weighted by molar-refractivity contribution is 5.29. The number of nitriles is 1. The monoisotopic (exact) mass is 262 g/mol. The van der Waals surface area contributed by atoms with Gasteiger partial charge in [-0.15, -0.1) is 0 Å². The molecule has 0 heterocycles. The summed E-state index contributed by atoms with van der Waals surface area (Å²) in [6.07, 6.45) is 0.214. The third-order valence-electron chi connectivity index (χ3n) is 2.85. The number of ether oxygens (including phenoxy) is 2. The van der Waals surface area contributed by atoms with Crippen LogP contribution in [-0.4, -0.2) is 25.9 Å². The summed E-state index contributed by atoms with van der Waals surface area (Å²) < 4.78 is 10.7. The molecular formula is C15H22N2O2. The molecule has 0 aliphatic carbocycles. The lowest BCUT2D eigenvalue weighted by atomic mass is 10.1. The van der Waals surface area contributed by atoms with Crippen LogP contribution in [-0.2, 0) is 4.74 Å². The van der Waals surface area contributed by atoms with Crippen LogP contribution in [0.25, 0.3) is 0 Å². The summed E-state index contributed by atoms with van der Waals surface area (Å²) in [6.45, 7) is 7.81. The highest BCUT2D eigenvalue weighted by Crippen LogP contribution is 2.17. The quantitative estimate of drug-likeness (QED) is 0.782. The Kier molecular flexibility index (Phi) is 6.94. The second-order valence-corrected chi connectivity index (χ2v) is 4.41. The number of nitrogens with zero attached hydrogens (tertiary/aromatic N) is 1. The second kappa shape index (κ2) is 8.52. The topological polar surface area (TPSA) is 54.3 Å². The average Bonchev–Trinajstić information content (AvgIpc) is 2.43. The van der Waals surface area contributed by atoms with Crippen LogP contribution in [0.2, 0.25) is 0 Å². The normalized spacial score (nSPS) is 13.6. The van der Waals surface area contributed by atoms with E-state index in [0.717, 1.165) is 18.9 Å². The van der Waals surface area contributed by atoms with Crippen molar-refractivity contribution in [3.05, 3.63) is 29.8 Å². The van der Waals surface area contributed by atoms with Gasteiger partial charge >= 0.3 is 0 Å². The zero-order chi connectivity index (χ0) is 14.1. The van der Waals surface area contributed by atoms with Crippen LogP contribution in [0.15, 0.2) is 24.3 Å². The van der Waals surface area contributed by atoms with E-state index >= 15 is 0 Å². The fraction of sp³-hybridized carbons (Fsp3) is 0.533. The van der Waals surface area contributed by atoms with E-state index in [1.807, 2.05) is 37.3 Å². The molecule has 0 saturated heterocycles. The summed E-state index contributed by atoms with van der Waals surface area (Å²) in [5, 5.41) is 11.9. The van der Waals surface area contributed by atoms with Crippen molar-refractivity contribution in [1.29, 1.82) is 5.26 Å². The molecule has 0 saturated carbocycles. The highest BCUT2D eigenvalue weighted by Gasteiger charge is 2.07. The third kappa shape index (κ3) is 5.73. The van der Waals surface area contributed by atoms with Crippen molar-refractivity contribution in [2.75, 3.05) is 19.8 Å². The van der Waals surface area contributed by atoms with Crippen LogP contribution in [0.3, 0.4) is 0 Å². The smallest absolute Gasteiger partial charge is 0.174 e. The molecule has 2 unspecified atom stereocenters. The molecule has 0 amide bonds. The van der Waals surface area contributed by atoms with Crippen LogP contribution in [0.5, 0.6) is 5.75 Å². The van der Waals surface area contributed by atoms with E-state index in [9.17, 15) is 0 Å². The first-order chi connectivity index (χ1) is 9.17. The predicted molar refractivity (Wildman–Crippen MR) is 75.1 cm³/mol. The molecule has 0 aliphatic heterocycles. The van der Waals surface area contributed by atoms with Gasteiger partial charge < -0.3 is 14.8 Å². The molecule has 1 aromatic rings. The van der Waals surface area contributed by atoms with Crippen molar-refractivity contribution >= 4 is 0 Å². The lowest BCUT2D eigenvalue weighted by Gasteiger charge is -2.18. The van der Waals surface area contributed by atoms with Gasteiger partial charge in [0.05, 0.1) is 6.10 Å². The number of hydrogen-bond acceptors (Lipinski definition) is 4. The van der Waals surface area contributed by atoms with Gasteiger partial charge in [-0.2, -0.15) is 5.26 Å². The van der Waals surface area contributed by atoms with Gasteiger partial charge in [0.25, 0.3) is 0 Å². The van der Waals surface area contributed by atoms with Crippen molar-refractivity contribution in [3.63, 3.8) is 0 Å². The summed E-state index contributed by atoms with van der Waals surface area (Å²) in [4.78, 5) is 0. The summed E-state index contributed by atoms with van der Waals surface area (Å²) in [5.41, 5.74) is 1.19. The minimum atomic E-state index is 0.0824. The lowest BCUT2D eigenvalue weighted by Crippen LogP contribution is -2.29. The van der Waals surface area contributed by atoms with Gasteiger partial charge in [-0.05, 0) is 38.5 Å². The van der Waals surface area contributed by atoms with E-state index < -0.39 is 0 Å². The molecule has 0 aromatic heterocycles. The van der Waals surface area contributed by atoms with Crippen molar-refractivity contribution in [2.45, 2.75) is 32.9 Å². The van der Waals surface area contributed by atoms with Crippen LogP contribution in [0.4, 0.5) is 0 Å². The molecular weight excluding hydrogens is 240 g/mol. The van der Waals surface area contributed by atoms with Gasteiger partial charge in [-0.3, -0.25) is 0 Å². The maximum atomic E-state index is 8.44. The predicted octanol–water partition coefficient (Wildman–Crippen LogP) is 2.66. The Labute approximate surface area is 115 Å². The molecule has 0 aliphatic rings. The van der Waals surface area contributed by atoms with Gasteiger partial charge in [0.1, 0.15) is 11.8 Å².